The molecule has 0 amide bonds. The topological polar surface area (TPSA) is 217 Å². The Bertz CT molecular complexity index is 2340. The molecule has 3 fully saturated rings. The number of phenolic OH excluding ortho intramolecular Hbond substituents is 3. The summed E-state index contributed by atoms with van der Waals surface area (Å²) >= 11 is 5.59. The number of aromatic nitrogens is 3. The molecule has 3 aliphatic rings. The number of carbonyl (C=O) groups excluding carboxylic acids is 3. The van der Waals surface area contributed by atoms with Gasteiger partial charge in [0.25, 0.3) is 0 Å². The van der Waals surface area contributed by atoms with Crippen molar-refractivity contribution < 1.29 is 44.3 Å². The van der Waals surface area contributed by atoms with Gasteiger partial charge in [-0.25, -0.2) is 19.7 Å². The Hall–Kier alpha value is -6.41. The van der Waals surface area contributed by atoms with Crippen LogP contribution < -0.4 is 19.9 Å². The number of ether oxygens (including phenoxy) is 2. The summed E-state index contributed by atoms with van der Waals surface area (Å²) in [4.78, 5) is 56.4. The quantitative estimate of drug-likeness (QED) is 0.0648. The first-order chi connectivity index (χ1) is 33.9. The van der Waals surface area contributed by atoms with Gasteiger partial charge in [0.1, 0.15) is 46.4 Å². The van der Waals surface area contributed by atoms with Gasteiger partial charge in [-0.05, 0) is 115 Å². The van der Waals surface area contributed by atoms with Crippen LogP contribution in [-0.4, -0.2) is 175 Å². The number of carbonyl (C=O) groups is 3. The molecule has 2 aromatic carbocycles. The number of rotatable bonds is 9. The van der Waals surface area contributed by atoms with E-state index in [1.807, 2.05) is 24.3 Å². The van der Waals surface area contributed by atoms with E-state index in [9.17, 15) is 24.6 Å². The first-order valence-electron chi connectivity index (χ1n) is 23.2. The second kappa shape index (κ2) is 32.5. The van der Waals surface area contributed by atoms with Gasteiger partial charge in [-0.2, -0.15) is 0 Å². The van der Waals surface area contributed by atoms with Gasteiger partial charge in [-0.15, -0.1) is 0 Å². The Morgan fingerprint density at radius 2 is 1.14 bits per heavy atom. The predicted octanol–water partition coefficient (Wildman–Crippen LogP) is 6.02. The van der Waals surface area contributed by atoms with Gasteiger partial charge in [-0.3, -0.25) is 9.59 Å². The fraction of sp³-hybridized carbons (Fsp3) is 0.423. The Labute approximate surface area is 423 Å². The SMILES string of the molecule is C.CN1CCCN(c2ncccc2CO)CC1.CN1CCCN(c2ncccc2COc2cccc(O)c2C=O)CC1.CN1CCCNCC1.COC(=O)c1cccnc1Cl.O=Cc1c(O)cccc1O. The van der Waals surface area contributed by atoms with E-state index in [1.54, 1.807) is 36.7 Å². The van der Waals surface area contributed by atoms with Gasteiger partial charge in [0, 0.05) is 82.1 Å². The van der Waals surface area contributed by atoms with Gasteiger partial charge in [0.2, 0.25) is 0 Å². The number of benzene rings is 2. The number of aldehydes is 2. The first kappa shape index (κ1) is 58.9. The zero-order valence-corrected chi connectivity index (χ0v) is 41.4. The second-order valence-electron chi connectivity index (χ2n) is 16.6. The highest BCUT2D eigenvalue weighted by Gasteiger charge is 2.19. The number of hydrogen-bond acceptors (Lipinski definition) is 18. The van der Waals surface area contributed by atoms with Crippen molar-refractivity contribution >= 4 is 41.8 Å². The first-order valence-corrected chi connectivity index (χ1v) is 23.6. The van der Waals surface area contributed by atoms with Crippen LogP contribution in [0.4, 0.5) is 11.6 Å². The predicted molar refractivity (Wildman–Crippen MR) is 278 cm³/mol. The minimum atomic E-state index is -0.469. The highest BCUT2D eigenvalue weighted by molar-refractivity contribution is 6.32. The maximum absolute atomic E-state index is 11.2. The molecule has 0 radical (unpaired) electrons. The van der Waals surface area contributed by atoms with Crippen molar-refractivity contribution in [2.24, 2.45) is 0 Å². The number of phenols is 3. The lowest BCUT2D eigenvalue weighted by molar-refractivity contribution is 0.0600. The van der Waals surface area contributed by atoms with E-state index in [4.69, 9.17) is 26.6 Å². The molecule has 0 unspecified atom stereocenters. The zero-order chi connectivity index (χ0) is 50.7. The van der Waals surface area contributed by atoms with E-state index in [2.05, 4.69) is 70.6 Å². The Morgan fingerprint density at radius 3 is 1.69 bits per heavy atom. The summed E-state index contributed by atoms with van der Waals surface area (Å²) < 4.78 is 10.3. The number of esters is 1. The zero-order valence-electron chi connectivity index (χ0n) is 40.6. The molecule has 3 saturated heterocycles. The largest absolute Gasteiger partial charge is 0.507 e. The van der Waals surface area contributed by atoms with Crippen molar-refractivity contribution in [3.63, 3.8) is 0 Å². The number of nitrogens with one attached hydrogen (secondary N) is 1. The molecule has 3 aromatic heterocycles. The molecule has 0 atom stereocenters. The van der Waals surface area contributed by atoms with Crippen LogP contribution >= 0.6 is 11.6 Å². The average molecular weight is 1000 g/mol. The minimum Gasteiger partial charge on any atom is -0.507 e. The van der Waals surface area contributed by atoms with Crippen LogP contribution in [0.15, 0.2) is 91.4 Å². The van der Waals surface area contributed by atoms with E-state index in [0.29, 0.717) is 24.9 Å². The summed E-state index contributed by atoms with van der Waals surface area (Å²) in [6, 6.07) is 19.8. The summed E-state index contributed by atoms with van der Waals surface area (Å²) in [7, 11) is 7.75. The number of likely N-dealkylation sites (N-methyl/N-ethyl adjacent to an activating group) is 3. The van der Waals surface area contributed by atoms with Gasteiger partial charge >= 0.3 is 5.97 Å². The molecule has 18 nitrogen and oxygen atoms in total. The molecule has 3 aliphatic heterocycles. The third-order valence-electron chi connectivity index (χ3n) is 11.4. The molecular formula is C52H72ClN9O9. The standard InChI is InChI=1S/C19H23N3O3.C12H19N3O.C7H6ClNO2.C7H6O3.C6H14N2.CH4/c1-21-9-4-10-22(12-11-21)19-15(5-3-8-20-19)14-25-18-7-2-6-17(24)16(18)13-23;1-14-6-3-7-15(9-8-14)12-11(10-16)4-2-5-13-12;1-11-7(10)5-3-2-4-9-6(5)8;8-4-5-6(9)2-1-3-7(5)10;1-8-5-2-3-7-4-6-8;/h2-3,5-8,13,24H,4,9-12,14H2,1H3;2,4-5,16H,3,6-10H2,1H3;2-4H,1H3;1-4,9-10H;7H,2-6H2,1H3;1H4. The molecule has 0 bridgehead atoms. The highest BCUT2D eigenvalue weighted by Crippen LogP contribution is 2.28. The monoisotopic (exact) mass is 1000 g/mol. The normalized spacial score (nSPS) is 15.2. The molecule has 19 heteroatoms. The van der Waals surface area contributed by atoms with Crippen molar-refractivity contribution in [3.05, 3.63) is 124 Å². The number of pyridine rings is 3. The van der Waals surface area contributed by atoms with E-state index in [1.165, 1.54) is 63.6 Å². The van der Waals surface area contributed by atoms with Crippen molar-refractivity contribution in [2.75, 3.05) is 117 Å². The van der Waals surface area contributed by atoms with Crippen LogP contribution in [0.25, 0.3) is 0 Å². The summed E-state index contributed by atoms with van der Waals surface area (Å²) in [6.45, 7) is 13.4. The lowest BCUT2D eigenvalue weighted by atomic mass is 10.2. The third-order valence-corrected chi connectivity index (χ3v) is 11.7. The van der Waals surface area contributed by atoms with Gasteiger partial charge in [0.15, 0.2) is 12.6 Å². The summed E-state index contributed by atoms with van der Waals surface area (Å²) in [5, 5.41) is 40.4. The number of halogens is 1. The molecular weight excluding hydrogens is 930 g/mol. The van der Waals surface area contributed by atoms with Gasteiger partial charge in [-0.1, -0.05) is 43.3 Å². The van der Waals surface area contributed by atoms with Crippen LogP contribution in [-0.2, 0) is 18.0 Å². The van der Waals surface area contributed by atoms with Crippen LogP contribution in [0.1, 0.15) is 68.9 Å². The molecule has 71 heavy (non-hydrogen) atoms. The molecule has 8 rings (SSSR count). The average Bonchev–Trinajstić information content (AvgIpc) is 3.86. The maximum atomic E-state index is 11.2. The molecule has 5 N–H and O–H groups in total. The number of anilines is 2. The molecule has 5 aromatic rings. The fourth-order valence-corrected chi connectivity index (χ4v) is 7.60. The van der Waals surface area contributed by atoms with Crippen LogP contribution in [0, 0.1) is 0 Å². The Morgan fingerprint density at radius 1 is 0.634 bits per heavy atom. The Kier molecular flexibility index (Phi) is 26.9. The number of hydrogen-bond donors (Lipinski definition) is 5. The van der Waals surface area contributed by atoms with E-state index in [0.717, 1.165) is 94.5 Å². The number of aromatic hydroxyl groups is 3. The minimum absolute atomic E-state index is 0. The summed E-state index contributed by atoms with van der Waals surface area (Å²) in [5.74, 6) is 1.30. The smallest absolute Gasteiger partial charge is 0.341 e. The van der Waals surface area contributed by atoms with Gasteiger partial charge < -0.3 is 59.7 Å². The fourth-order valence-electron chi connectivity index (χ4n) is 7.41. The number of aliphatic hydroxyl groups is 1. The maximum Gasteiger partial charge on any atom is 0.341 e. The third kappa shape index (κ3) is 19.7. The van der Waals surface area contributed by atoms with Crippen molar-refractivity contribution in [1.29, 1.82) is 0 Å². The van der Waals surface area contributed by atoms with Gasteiger partial charge in [0.05, 0.1) is 30.4 Å². The lowest BCUT2D eigenvalue weighted by Crippen LogP contribution is -2.30. The molecule has 0 saturated carbocycles. The number of nitrogens with zero attached hydrogens (tertiary/aromatic N) is 8. The highest BCUT2D eigenvalue weighted by atomic mass is 35.5. The summed E-state index contributed by atoms with van der Waals surface area (Å²) in [5.41, 5.74) is 2.28. The summed E-state index contributed by atoms with van der Waals surface area (Å²) in [6.07, 6.45) is 9.66. The molecule has 0 spiro atoms. The second-order valence-corrected chi connectivity index (χ2v) is 16.9. The van der Waals surface area contributed by atoms with E-state index >= 15 is 0 Å². The molecule has 386 valence electrons. The van der Waals surface area contributed by atoms with Crippen LogP contribution in [0.2, 0.25) is 5.15 Å². The van der Waals surface area contributed by atoms with E-state index in [-0.39, 0.29) is 53.1 Å². The van der Waals surface area contributed by atoms with Crippen molar-refractivity contribution in [1.82, 2.24) is 35.0 Å². The Balaban J connectivity index is 0.000000250. The number of methoxy groups -OCH3 is 1. The molecule has 0 aliphatic carbocycles. The van der Waals surface area contributed by atoms with E-state index < -0.39 is 5.97 Å². The lowest BCUT2D eigenvalue weighted by Gasteiger charge is -2.24. The molecule has 6 heterocycles. The van der Waals surface area contributed by atoms with Crippen molar-refractivity contribution in [2.45, 2.75) is 39.9 Å². The number of aliphatic hydroxyl groups excluding tert-OH is 1. The van der Waals surface area contributed by atoms with Crippen LogP contribution in [0.5, 0.6) is 23.0 Å². The van der Waals surface area contributed by atoms with Crippen LogP contribution in [0.3, 0.4) is 0 Å². The van der Waals surface area contributed by atoms with Crippen molar-refractivity contribution in [3.8, 4) is 23.0 Å².